The lowest BCUT2D eigenvalue weighted by Gasteiger charge is -2.24. The molecule has 3 aromatic carbocycles. The third kappa shape index (κ3) is 4.26. The van der Waals surface area contributed by atoms with Gasteiger partial charge in [0.1, 0.15) is 6.10 Å². The van der Waals surface area contributed by atoms with Crippen molar-refractivity contribution in [2.75, 3.05) is 23.7 Å². The Morgan fingerprint density at radius 2 is 1.65 bits per heavy atom. The van der Waals surface area contributed by atoms with Gasteiger partial charge in [0.25, 0.3) is 0 Å². The van der Waals surface area contributed by atoms with Crippen LogP contribution in [0.3, 0.4) is 0 Å². The largest absolute Gasteiger partial charge is 0.456 e. The summed E-state index contributed by atoms with van der Waals surface area (Å²) < 4.78 is 5.84. The summed E-state index contributed by atoms with van der Waals surface area (Å²) in [4.78, 5) is 12.7. The van der Waals surface area contributed by atoms with Gasteiger partial charge in [-0.25, -0.2) is 4.79 Å². The Labute approximate surface area is 182 Å². The molecule has 2 aliphatic rings. The maximum atomic E-state index is 12.7. The third-order valence-electron chi connectivity index (χ3n) is 5.80. The summed E-state index contributed by atoms with van der Waals surface area (Å²) in [6.07, 6.45) is -0.344. The van der Waals surface area contributed by atoms with Crippen molar-refractivity contribution in [2.24, 2.45) is 0 Å². The highest BCUT2D eigenvalue weighted by atomic mass is 16.5. The molecule has 5 rings (SSSR count). The average molecular weight is 415 g/mol. The monoisotopic (exact) mass is 414 g/mol. The van der Waals surface area contributed by atoms with Gasteiger partial charge in [0.2, 0.25) is 0 Å². The summed E-state index contributed by atoms with van der Waals surface area (Å²) in [5, 5.41) is 13.7. The number of hydrogen-bond acceptors (Lipinski definition) is 6. The van der Waals surface area contributed by atoms with Crippen molar-refractivity contribution in [1.29, 1.82) is 0 Å². The standard InChI is InChI=1S/C25H26N4O2/c1-16-7-12-20-21(13-16)28-25(27-20)29-22-14-26-15-23(22)31-24(30)19-10-8-18(9-11-19)17-5-3-2-4-6-17/h2-13,22-23,25-29H,14-15H2,1H3/t22?,23-,25?/m0/s1. The minimum atomic E-state index is -0.300. The first-order valence-corrected chi connectivity index (χ1v) is 10.6. The second-order valence-electron chi connectivity index (χ2n) is 8.09. The van der Waals surface area contributed by atoms with E-state index in [1.807, 2.05) is 42.5 Å². The van der Waals surface area contributed by atoms with Crippen LogP contribution in [0, 0.1) is 6.92 Å². The molecule has 6 heteroatoms. The smallest absolute Gasteiger partial charge is 0.338 e. The molecule has 0 aromatic heterocycles. The van der Waals surface area contributed by atoms with Gasteiger partial charge in [-0.3, -0.25) is 5.32 Å². The number of carbonyl (C=O) groups excluding carboxylic acids is 1. The van der Waals surface area contributed by atoms with Gasteiger partial charge >= 0.3 is 5.97 Å². The number of nitrogens with one attached hydrogen (secondary N) is 4. The van der Waals surface area contributed by atoms with Crippen LogP contribution in [0.25, 0.3) is 11.1 Å². The van der Waals surface area contributed by atoms with E-state index >= 15 is 0 Å². The number of rotatable bonds is 5. The number of hydrogen-bond donors (Lipinski definition) is 4. The van der Waals surface area contributed by atoms with Crippen molar-refractivity contribution in [1.82, 2.24) is 10.6 Å². The van der Waals surface area contributed by atoms with Crippen molar-refractivity contribution in [3.63, 3.8) is 0 Å². The first kappa shape index (κ1) is 19.6. The molecule has 0 saturated carbocycles. The van der Waals surface area contributed by atoms with E-state index in [9.17, 15) is 4.79 Å². The molecule has 2 unspecified atom stereocenters. The Balaban J connectivity index is 1.20. The minimum Gasteiger partial charge on any atom is -0.456 e. The Hall–Kier alpha value is -3.35. The first-order valence-electron chi connectivity index (χ1n) is 10.6. The topological polar surface area (TPSA) is 74.4 Å². The molecular formula is C25H26N4O2. The van der Waals surface area contributed by atoms with Gasteiger partial charge < -0.3 is 20.7 Å². The quantitative estimate of drug-likeness (QED) is 0.479. The Kier molecular flexibility index (Phi) is 5.32. The summed E-state index contributed by atoms with van der Waals surface area (Å²) >= 11 is 0. The Morgan fingerprint density at radius 1 is 0.903 bits per heavy atom. The number of aryl methyl sites for hydroxylation is 1. The summed E-state index contributed by atoms with van der Waals surface area (Å²) in [7, 11) is 0. The highest BCUT2D eigenvalue weighted by molar-refractivity contribution is 5.90. The lowest BCUT2D eigenvalue weighted by atomic mass is 10.0. The normalized spacial score (nSPS) is 21.8. The molecule has 6 nitrogen and oxygen atoms in total. The van der Waals surface area contributed by atoms with E-state index in [1.165, 1.54) is 5.56 Å². The van der Waals surface area contributed by atoms with Crippen LogP contribution in [0.4, 0.5) is 11.4 Å². The second kappa shape index (κ2) is 8.41. The van der Waals surface area contributed by atoms with E-state index < -0.39 is 0 Å². The third-order valence-corrected chi connectivity index (χ3v) is 5.80. The van der Waals surface area contributed by atoms with Crippen LogP contribution in [0.15, 0.2) is 72.8 Å². The maximum absolute atomic E-state index is 12.7. The van der Waals surface area contributed by atoms with Gasteiger partial charge in [0.15, 0.2) is 6.29 Å². The molecular weight excluding hydrogens is 388 g/mol. The molecule has 0 amide bonds. The van der Waals surface area contributed by atoms with Gasteiger partial charge in [-0.1, -0.05) is 48.5 Å². The van der Waals surface area contributed by atoms with Crippen LogP contribution in [-0.2, 0) is 4.74 Å². The number of anilines is 2. The van der Waals surface area contributed by atoms with Crippen LogP contribution >= 0.6 is 0 Å². The van der Waals surface area contributed by atoms with Gasteiger partial charge in [-0.05, 0) is 47.9 Å². The molecule has 3 atom stereocenters. The zero-order valence-electron chi connectivity index (χ0n) is 17.4. The second-order valence-corrected chi connectivity index (χ2v) is 8.09. The van der Waals surface area contributed by atoms with Gasteiger partial charge in [0, 0.05) is 13.1 Å². The molecule has 2 heterocycles. The maximum Gasteiger partial charge on any atom is 0.338 e. The van der Waals surface area contributed by atoms with Crippen molar-refractivity contribution in [2.45, 2.75) is 25.4 Å². The predicted molar refractivity (Wildman–Crippen MR) is 123 cm³/mol. The van der Waals surface area contributed by atoms with Gasteiger partial charge in [0.05, 0.1) is 23.0 Å². The number of carbonyl (C=O) groups is 1. The molecule has 1 fully saturated rings. The molecule has 0 spiro atoms. The fourth-order valence-electron chi connectivity index (χ4n) is 4.13. The average Bonchev–Trinajstić information content (AvgIpc) is 3.40. The fraction of sp³-hybridized carbons (Fsp3) is 0.240. The lowest BCUT2D eigenvalue weighted by Crippen LogP contribution is -2.51. The van der Waals surface area contributed by atoms with Crippen molar-refractivity contribution in [3.05, 3.63) is 83.9 Å². The number of benzene rings is 3. The first-order chi connectivity index (χ1) is 15.2. The molecule has 3 aromatic rings. The molecule has 0 aliphatic carbocycles. The van der Waals surface area contributed by atoms with E-state index in [-0.39, 0.29) is 24.4 Å². The molecule has 0 bridgehead atoms. The van der Waals surface area contributed by atoms with Crippen molar-refractivity contribution >= 4 is 17.3 Å². The summed E-state index contributed by atoms with van der Waals surface area (Å²) in [6.45, 7) is 3.44. The van der Waals surface area contributed by atoms with E-state index in [1.54, 1.807) is 0 Å². The van der Waals surface area contributed by atoms with Crippen LogP contribution < -0.4 is 21.3 Å². The summed E-state index contributed by atoms with van der Waals surface area (Å²) in [6, 6.07) is 24.0. The number of ether oxygens (including phenoxy) is 1. The minimum absolute atomic E-state index is 0.00736. The van der Waals surface area contributed by atoms with E-state index in [2.05, 4.69) is 58.5 Å². The summed E-state index contributed by atoms with van der Waals surface area (Å²) in [5.74, 6) is -0.300. The van der Waals surface area contributed by atoms with Crippen LogP contribution in [-0.4, -0.2) is 37.5 Å². The predicted octanol–water partition coefficient (Wildman–Crippen LogP) is 3.57. The molecule has 31 heavy (non-hydrogen) atoms. The number of fused-ring (bicyclic) bond motifs is 1. The Bertz CT molecular complexity index is 1070. The highest BCUT2D eigenvalue weighted by Gasteiger charge is 2.33. The molecule has 1 saturated heterocycles. The SMILES string of the molecule is Cc1ccc2c(c1)NC(NC1CNC[C@@H]1OC(=O)c1ccc(-c3ccccc3)cc1)N2. The van der Waals surface area contributed by atoms with Crippen LogP contribution in [0.5, 0.6) is 0 Å². The van der Waals surface area contributed by atoms with Crippen LogP contribution in [0.2, 0.25) is 0 Å². The zero-order valence-corrected chi connectivity index (χ0v) is 17.4. The molecule has 0 radical (unpaired) electrons. The van der Waals surface area contributed by atoms with Crippen LogP contribution in [0.1, 0.15) is 15.9 Å². The van der Waals surface area contributed by atoms with Crippen molar-refractivity contribution < 1.29 is 9.53 Å². The highest BCUT2D eigenvalue weighted by Crippen LogP contribution is 2.29. The van der Waals surface area contributed by atoms with E-state index in [0.29, 0.717) is 12.1 Å². The molecule has 158 valence electrons. The van der Waals surface area contributed by atoms with Crippen molar-refractivity contribution in [3.8, 4) is 11.1 Å². The lowest BCUT2D eigenvalue weighted by molar-refractivity contribution is 0.0285. The molecule has 4 N–H and O–H groups in total. The molecule has 2 aliphatic heterocycles. The summed E-state index contributed by atoms with van der Waals surface area (Å²) in [5.41, 5.74) is 6.12. The van der Waals surface area contributed by atoms with E-state index in [4.69, 9.17) is 4.74 Å². The fourth-order valence-corrected chi connectivity index (χ4v) is 4.13. The van der Waals surface area contributed by atoms with Gasteiger partial charge in [-0.15, -0.1) is 0 Å². The number of esters is 1. The Morgan fingerprint density at radius 3 is 2.45 bits per heavy atom. The van der Waals surface area contributed by atoms with Gasteiger partial charge in [-0.2, -0.15) is 0 Å². The zero-order chi connectivity index (χ0) is 21.2. The van der Waals surface area contributed by atoms with E-state index in [0.717, 1.165) is 29.0 Å².